The maximum absolute atomic E-state index is 11.5. The topological polar surface area (TPSA) is 81.4 Å². The fourth-order valence-corrected chi connectivity index (χ4v) is 0.932. The van der Waals surface area contributed by atoms with Crippen LogP contribution < -0.4 is 11.1 Å². The standard InChI is InChI=1S/C10H20N2O3/c1-10(2,15-3)9(14)12-7-5-4-6-8(11)13/h4-7H2,1-3H3,(H2,11,13)(H,12,14). The fraction of sp³-hybridized carbons (Fsp3) is 0.800. The van der Waals surface area contributed by atoms with Crippen molar-refractivity contribution >= 4 is 11.8 Å². The summed E-state index contributed by atoms with van der Waals surface area (Å²) in [6.07, 6.45) is 1.81. The molecular weight excluding hydrogens is 196 g/mol. The zero-order chi connectivity index (χ0) is 11.9. The van der Waals surface area contributed by atoms with Crippen molar-refractivity contribution < 1.29 is 14.3 Å². The highest BCUT2D eigenvalue weighted by molar-refractivity contribution is 5.84. The lowest BCUT2D eigenvalue weighted by atomic mass is 10.1. The molecule has 0 bridgehead atoms. The average Bonchev–Trinajstić information content (AvgIpc) is 2.16. The Morgan fingerprint density at radius 2 is 1.93 bits per heavy atom. The third kappa shape index (κ3) is 6.06. The molecule has 0 rings (SSSR count). The van der Waals surface area contributed by atoms with Gasteiger partial charge in [-0.15, -0.1) is 0 Å². The quantitative estimate of drug-likeness (QED) is 0.596. The van der Waals surface area contributed by atoms with Gasteiger partial charge in [0, 0.05) is 20.1 Å². The molecule has 3 N–H and O–H groups in total. The van der Waals surface area contributed by atoms with Crippen LogP contribution in [0.4, 0.5) is 0 Å². The predicted octanol–water partition coefficient (Wildman–Crippen LogP) is 0.183. The lowest BCUT2D eigenvalue weighted by Gasteiger charge is -2.21. The van der Waals surface area contributed by atoms with Gasteiger partial charge in [0.05, 0.1) is 0 Å². The molecule has 5 heteroatoms. The monoisotopic (exact) mass is 216 g/mol. The molecule has 0 aliphatic rings. The number of hydrogen-bond acceptors (Lipinski definition) is 3. The Morgan fingerprint density at radius 3 is 2.40 bits per heavy atom. The van der Waals surface area contributed by atoms with Gasteiger partial charge in [-0.2, -0.15) is 0 Å². The van der Waals surface area contributed by atoms with Crippen LogP contribution in [-0.4, -0.2) is 31.1 Å². The molecule has 0 fully saturated rings. The van der Waals surface area contributed by atoms with Gasteiger partial charge in [-0.25, -0.2) is 0 Å². The number of methoxy groups -OCH3 is 1. The van der Waals surface area contributed by atoms with Crippen molar-refractivity contribution in [1.82, 2.24) is 5.32 Å². The van der Waals surface area contributed by atoms with Crippen LogP contribution in [0.25, 0.3) is 0 Å². The third-order valence-corrected chi connectivity index (χ3v) is 2.19. The third-order valence-electron chi connectivity index (χ3n) is 2.19. The van der Waals surface area contributed by atoms with Crippen molar-refractivity contribution in [2.45, 2.75) is 38.7 Å². The molecule has 0 heterocycles. The number of rotatable bonds is 7. The predicted molar refractivity (Wildman–Crippen MR) is 57.1 cm³/mol. The maximum Gasteiger partial charge on any atom is 0.251 e. The van der Waals surface area contributed by atoms with E-state index < -0.39 is 5.60 Å². The first kappa shape index (κ1) is 13.9. The van der Waals surface area contributed by atoms with Gasteiger partial charge < -0.3 is 15.8 Å². The van der Waals surface area contributed by atoms with Crippen LogP contribution >= 0.6 is 0 Å². The molecule has 0 saturated heterocycles. The summed E-state index contributed by atoms with van der Waals surface area (Å²) in [5.74, 6) is -0.456. The molecule has 0 aromatic carbocycles. The number of primary amides is 1. The van der Waals surface area contributed by atoms with E-state index in [2.05, 4.69) is 5.32 Å². The lowest BCUT2D eigenvalue weighted by Crippen LogP contribution is -2.43. The molecule has 0 aliphatic heterocycles. The summed E-state index contributed by atoms with van der Waals surface area (Å²) >= 11 is 0. The summed E-state index contributed by atoms with van der Waals surface area (Å²) in [7, 11) is 1.49. The Bertz CT molecular complexity index is 227. The molecule has 0 aliphatic carbocycles. The molecule has 0 radical (unpaired) electrons. The SMILES string of the molecule is COC(C)(C)C(=O)NCCCCC(N)=O. The summed E-state index contributed by atoms with van der Waals surface area (Å²) in [5.41, 5.74) is 4.18. The highest BCUT2D eigenvalue weighted by Crippen LogP contribution is 2.06. The van der Waals surface area contributed by atoms with Crippen LogP contribution in [0.3, 0.4) is 0 Å². The molecule has 5 nitrogen and oxygen atoms in total. The van der Waals surface area contributed by atoms with E-state index in [1.807, 2.05) is 0 Å². The smallest absolute Gasteiger partial charge is 0.251 e. The van der Waals surface area contributed by atoms with Gasteiger partial charge in [0.2, 0.25) is 5.91 Å². The number of nitrogens with one attached hydrogen (secondary N) is 1. The first-order valence-electron chi connectivity index (χ1n) is 5.02. The molecule has 0 aromatic heterocycles. The van der Waals surface area contributed by atoms with Crippen molar-refractivity contribution in [3.05, 3.63) is 0 Å². The van der Waals surface area contributed by atoms with Crippen LogP contribution in [0, 0.1) is 0 Å². The second-order valence-electron chi connectivity index (χ2n) is 3.89. The minimum Gasteiger partial charge on any atom is -0.370 e. The second kappa shape index (κ2) is 6.40. The van der Waals surface area contributed by atoms with E-state index in [0.29, 0.717) is 19.4 Å². The van der Waals surface area contributed by atoms with Crippen molar-refractivity contribution in [3.63, 3.8) is 0 Å². The number of carbonyl (C=O) groups excluding carboxylic acids is 2. The summed E-state index contributed by atoms with van der Waals surface area (Å²) in [5, 5.41) is 2.73. The number of nitrogens with two attached hydrogens (primary N) is 1. The molecule has 0 spiro atoms. The number of carbonyl (C=O) groups is 2. The highest BCUT2D eigenvalue weighted by atomic mass is 16.5. The summed E-state index contributed by atoms with van der Waals surface area (Å²) < 4.78 is 5.01. The van der Waals surface area contributed by atoms with E-state index in [9.17, 15) is 9.59 Å². The molecular formula is C10H20N2O3. The lowest BCUT2D eigenvalue weighted by molar-refractivity contribution is -0.139. The molecule has 0 atom stereocenters. The minimum atomic E-state index is -0.802. The molecule has 88 valence electrons. The summed E-state index contributed by atoms with van der Waals surface area (Å²) in [6.45, 7) is 3.94. The largest absolute Gasteiger partial charge is 0.370 e. The van der Waals surface area contributed by atoms with Crippen LogP contribution in [0.1, 0.15) is 33.1 Å². The Hall–Kier alpha value is -1.10. The van der Waals surface area contributed by atoms with Gasteiger partial charge in [-0.05, 0) is 26.7 Å². The second-order valence-corrected chi connectivity index (χ2v) is 3.89. The van der Waals surface area contributed by atoms with Gasteiger partial charge in [-0.1, -0.05) is 0 Å². The van der Waals surface area contributed by atoms with Crippen LogP contribution in [0.5, 0.6) is 0 Å². The Morgan fingerprint density at radius 1 is 1.33 bits per heavy atom. The molecule has 2 amide bonds. The number of unbranched alkanes of at least 4 members (excludes halogenated alkanes) is 1. The molecule has 0 aromatic rings. The van der Waals surface area contributed by atoms with E-state index >= 15 is 0 Å². The molecule has 0 unspecified atom stereocenters. The van der Waals surface area contributed by atoms with Gasteiger partial charge in [-0.3, -0.25) is 9.59 Å². The minimum absolute atomic E-state index is 0.149. The number of amides is 2. The highest BCUT2D eigenvalue weighted by Gasteiger charge is 2.25. The fourth-order valence-electron chi connectivity index (χ4n) is 0.932. The van der Waals surface area contributed by atoms with Crippen LogP contribution in [0.2, 0.25) is 0 Å². The number of ether oxygens (including phenoxy) is 1. The van der Waals surface area contributed by atoms with Crippen molar-refractivity contribution in [3.8, 4) is 0 Å². The van der Waals surface area contributed by atoms with Gasteiger partial charge in [0.1, 0.15) is 5.60 Å². The van der Waals surface area contributed by atoms with Crippen molar-refractivity contribution in [2.24, 2.45) is 5.73 Å². The van der Waals surface area contributed by atoms with E-state index in [0.717, 1.165) is 6.42 Å². The van der Waals surface area contributed by atoms with Gasteiger partial charge in [0.15, 0.2) is 0 Å². The van der Waals surface area contributed by atoms with E-state index in [1.165, 1.54) is 7.11 Å². The zero-order valence-corrected chi connectivity index (χ0v) is 9.63. The van der Waals surface area contributed by atoms with E-state index in [1.54, 1.807) is 13.8 Å². The van der Waals surface area contributed by atoms with Gasteiger partial charge >= 0.3 is 0 Å². The molecule has 0 saturated carbocycles. The normalized spacial score (nSPS) is 11.1. The maximum atomic E-state index is 11.5. The van der Waals surface area contributed by atoms with Crippen LogP contribution in [-0.2, 0) is 14.3 Å². The first-order chi connectivity index (χ1) is 6.90. The summed E-state index contributed by atoms with van der Waals surface area (Å²) in [4.78, 5) is 21.9. The summed E-state index contributed by atoms with van der Waals surface area (Å²) in [6, 6.07) is 0. The Labute approximate surface area is 90.4 Å². The van der Waals surface area contributed by atoms with Crippen molar-refractivity contribution in [1.29, 1.82) is 0 Å². The van der Waals surface area contributed by atoms with Crippen LogP contribution in [0.15, 0.2) is 0 Å². The van der Waals surface area contributed by atoms with E-state index in [4.69, 9.17) is 10.5 Å². The first-order valence-corrected chi connectivity index (χ1v) is 5.02. The average molecular weight is 216 g/mol. The Kier molecular flexibility index (Phi) is 5.93. The van der Waals surface area contributed by atoms with Crippen molar-refractivity contribution in [2.75, 3.05) is 13.7 Å². The Balaban J connectivity index is 3.60. The molecule has 15 heavy (non-hydrogen) atoms. The number of hydrogen-bond donors (Lipinski definition) is 2. The van der Waals surface area contributed by atoms with Gasteiger partial charge in [0.25, 0.3) is 5.91 Å². The zero-order valence-electron chi connectivity index (χ0n) is 9.63. The van der Waals surface area contributed by atoms with E-state index in [-0.39, 0.29) is 11.8 Å².